The number of hydrogen-bond donors (Lipinski definition) is 7. The maximum Gasteiger partial charge on any atom is 0.187 e. The number of aliphatic hydroxyl groups excluding tert-OH is 6. The molecular formula is C36H56O11. The van der Waals surface area contributed by atoms with E-state index in [1.54, 1.807) is 0 Å². The highest BCUT2D eigenvalue weighted by Gasteiger charge is 2.74. The topological polar surface area (TPSA) is 194 Å². The van der Waals surface area contributed by atoms with Crippen molar-refractivity contribution in [3.05, 3.63) is 23.8 Å². The van der Waals surface area contributed by atoms with Crippen molar-refractivity contribution in [2.24, 2.45) is 39.4 Å². The van der Waals surface area contributed by atoms with E-state index in [9.17, 15) is 45.3 Å². The lowest BCUT2D eigenvalue weighted by Gasteiger charge is -2.65. The van der Waals surface area contributed by atoms with Crippen LogP contribution in [0.2, 0.25) is 0 Å². The van der Waals surface area contributed by atoms with E-state index in [0.717, 1.165) is 11.1 Å². The molecule has 11 nitrogen and oxygen atoms in total. The van der Waals surface area contributed by atoms with Crippen molar-refractivity contribution >= 4 is 11.6 Å². The van der Waals surface area contributed by atoms with Crippen molar-refractivity contribution in [3.8, 4) is 0 Å². The Kier molecular flexibility index (Phi) is 9.42. The average Bonchev–Trinajstić information content (AvgIpc) is 3.18. The molecule has 4 fully saturated rings. The Morgan fingerprint density at radius 1 is 1.02 bits per heavy atom. The monoisotopic (exact) mass is 664 g/mol. The molecule has 5 aliphatic rings. The smallest absolute Gasteiger partial charge is 0.187 e. The fourth-order valence-corrected chi connectivity index (χ4v) is 10.9. The van der Waals surface area contributed by atoms with Crippen molar-refractivity contribution in [3.63, 3.8) is 0 Å². The Balaban J connectivity index is 1.47. The third kappa shape index (κ3) is 5.26. The van der Waals surface area contributed by atoms with Crippen LogP contribution in [0.4, 0.5) is 0 Å². The van der Waals surface area contributed by atoms with Gasteiger partial charge in [-0.25, -0.2) is 0 Å². The minimum absolute atomic E-state index is 0.0290. The number of fused-ring (bicyclic) bond motifs is 5. The quantitative estimate of drug-likeness (QED) is 0.186. The van der Waals surface area contributed by atoms with Crippen LogP contribution in [-0.2, 0) is 19.1 Å². The second kappa shape index (κ2) is 12.1. The summed E-state index contributed by atoms with van der Waals surface area (Å²) in [5, 5.41) is 75.9. The first kappa shape index (κ1) is 36.7. The maximum atomic E-state index is 14.6. The predicted octanol–water partition coefficient (Wildman–Crippen LogP) is 1.57. The first-order chi connectivity index (χ1) is 21.6. The van der Waals surface area contributed by atoms with Crippen molar-refractivity contribution in [1.29, 1.82) is 0 Å². The lowest BCUT2D eigenvalue weighted by molar-refractivity contribution is -0.327. The first-order valence-corrected chi connectivity index (χ1v) is 17.1. The molecule has 0 spiro atoms. The van der Waals surface area contributed by atoms with Gasteiger partial charge in [0.2, 0.25) is 0 Å². The zero-order valence-electron chi connectivity index (χ0n) is 28.8. The zero-order chi connectivity index (χ0) is 35.2. The number of carbonyl (C=O) groups is 2. The van der Waals surface area contributed by atoms with Gasteiger partial charge in [-0.3, -0.25) is 9.59 Å². The Hall–Kier alpha value is -1.54. The van der Waals surface area contributed by atoms with Gasteiger partial charge in [-0.2, -0.15) is 0 Å². The number of ether oxygens (including phenoxy) is 2. The lowest BCUT2D eigenvalue weighted by atomic mass is 9.38. The van der Waals surface area contributed by atoms with E-state index < -0.39 is 88.8 Å². The van der Waals surface area contributed by atoms with E-state index in [4.69, 9.17) is 9.47 Å². The van der Waals surface area contributed by atoms with Crippen LogP contribution in [0, 0.1) is 39.4 Å². The van der Waals surface area contributed by atoms with Crippen LogP contribution < -0.4 is 0 Å². The summed E-state index contributed by atoms with van der Waals surface area (Å²) in [6, 6.07) is 0. The van der Waals surface area contributed by atoms with Crippen LogP contribution in [0.3, 0.4) is 0 Å². The minimum Gasteiger partial charge on any atom is -0.394 e. The SMILES string of the molecule is C=C(C)CCC(=O)[C@](C)(O)C1[C@H](O)C[C@@]2(C)C3CC=C4C(C[C@H](O)[C@@H](O[C@@H]5O[C@H](CO)[C@@H](O)[C@H](O)[C@H]5O)C4(C)C)[C@]3(C)C(=O)C[C@]12C. The molecule has 1 aliphatic heterocycles. The van der Waals surface area contributed by atoms with Gasteiger partial charge in [-0.15, -0.1) is 6.58 Å². The minimum atomic E-state index is -1.84. The molecule has 4 aliphatic carbocycles. The molecule has 15 atom stereocenters. The van der Waals surface area contributed by atoms with Crippen LogP contribution in [0.5, 0.6) is 0 Å². The summed E-state index contributed by atoms with van der Waals surface area (Å²) >= 11 is 0. The van der Waals surface area contributed by atoms with Gasteiger partial charge in [-0.05, 0) is 62.2 Å². The lowest BCUT2D eigenvalue weighted by Crippen LogP contribution is -2.66. The molecular weight excluding hydrogens is 608 g/mol. The summed E-state index contributed by atoms with van der Waals surface area (Å²) in [5.41, 5.74) is -3.37. The third-order valence-corrected chi connectivity index (χ3v) is 13.7. The summed E-state index contributed by atoms with van der Waals surface area (Å²) in [4.78, 5) is 28.0. The number of carbonyl (C=O) groups excluding carboxylic acids is 2. The largest absolute Gasteiger partial charge is 0.394 e. The van der Waals surface area contributed by atoms with E-state index in [0.29, 0.717) is 19.3 Å². The number of ketones is 2. The number of Topliss-reactive ketones (excluding diaryl/α,β-unsaturated/α-hetero) is 2. The summed E-state index contributed by atoms with van der Waals surface area (Å²) in [7, 11) is 0. The molecule has 0 aromatic rings. The van der Waals surface area contributed by atoms with Gasteiger partial charge in [0.1, 0.15) is 35.8 Å². The normalized spacial score (nSPS) is 48.9. The molecule has 7 N–H and O–H groups in total. The fourth-order valence-electron chi connectivity index (χ4n) is 10.9. The van der Waals surface area contributed by atoms with Gasteiger partial charge < -0.3 is 45.2 Å². The molecule has 11 heteroatoms. The van der Waals surface area contributed by atoms with Crippen LogP contribution in [0.1, 0.15) is 87.0 Å². The second-order valence-corrected chi connectivity index (χ2v) is 16.8. The van der Waals surface area contributed by atoms with Crippen molar-refractivity contribution < 1.29 is 54.8 Å². The molecule has 0 aromatic carbocycles. The standard InChI is InChI=1S/C36H56O11/c1-17(2)9-12-24(40)36(8,45)29-21(39)14-33(5)23-11-10-18-19(35(23,7)25(41)15-34(29,33)6)13-20(38)30(32(18,3)4)47-31-28(44)27(43)26(42)22(16-37)46-31/h10,19-23,26-31,37-39,42-45H,1,9,11-16H2,2-8H3/t19?,20-,21+,22+,23?,26+,27-,28+,29?,30+,31-,33-,34+,35-,36-/m0/s1. The van der Waals surface area contributed by atoms with E-state index in [1.165, 1.54) is 6.92 Å². The van der Waals surface area contributed by atoms with Crippen molar-refractivity contribution in [2.45, 2.75) is 142 Å². The summed E-state index contributed by atoms with van der Waals surface area (Å²) < 4.78 is 11.8. The molecule has 3 saturated carbocycles. The Bertz CT molecular complexity index is 1310. The molecule has 266 valence electrons. The van der Waals surface area contributed by atoms with E-state index >= 15 is 0 Å². The van der Waals surface area contributed by atoms with Gasteiger partial charge in [0.05, 0.1) is 24.9 Å². The van der Waals surface area contributed by atoms with Crippen LogP contribution in [0.15, 0.2) is 23.8 Å². The molecule has 1 heterocycles. The average molecular weight is 665 g/mol. The highest BCUT2D eigenvalue weighted by Crippen LogP contribution is 2.74. The number of allylic oxidation sites excluding steroid dienone is 2. The fraction of sp³-hybridized carbons (Fsp3) is 0.833. The second-order valence-electron chi connectivity index (χ2n) is 16.8. The van der Waals surface area contributed by atoms with Gasteiger partial charge in [0.15, 0.2) is 12.1 Å². The van der Waals surface area contributed by atoms with Crippen LogP contribution in [0.25, 0.3) is 0 Å². The number of rotatable bonds is 8. The first-order valence-electron chi connectivity index (χ1n) is 17.1. The summed E-state index contributed by atoms with van der Waals surface area (Å²) in [6.07, 6.45) is -6.71. The van der Waals surface area contributed by atoms with E-state index in [-0.39, 0.29) is 42.7 Å². The molecule has 0 amide bonds. The molecule has 0 radical (unpaired) electrons. The van der Waals surface area contributed by atoms with Crippen LogP contribution in [-0.4, -0.2) is 109 Å². The predicted molar refractivity (Wildman–Crippen MR) is 170 cm³/mol. The highest BCUT2D eigenvalue weighted by molar-refractivity contribution is 5.90. The molecule has 5 rings (SSSR count). The van der Waals surface area contributed by atoms with Gasteiger partial charge >= 0.3 is 0 Å². The zero-order valence-corrected chi connectivity index (χ0v) is 28.8. The Morgan fingerprint density at radius 2 is 1.66 bits per heavy atom. The Labute approximate surface area is 277 Å². The van der Waals surface area contributed by atoms with E-state index in [1.807, 2.05) is 34.6 Å². The number of aliphatic hydroxyl groups is 7. The van der Waals surface area contributed by atoms with Crippen molar-refractivity contribution in [2.75, 3.05) is 6.61 Å². The van der Waals surface area contributed by atoms with Gasteiger partial charge in [0, 0.05) is 29.6 Å². The third-order valence-electron chi connectivity index (χ3n) is 13.7. The number of hydrogen-bond acceptors (Lipinski definition) is 11. The van der Waals surface area contributed by atoms with Gasteiger partial charge in [0.25, 0.3) is 0 Å². The summed E-state index contributed by atoms with van der Waals surface area (Å²) in [5.74, 6) is -1.87. The molecule has 47 heavy (non-hydrogen) atoms. The summed E-state index contributed by atoms with van der Waals surface area (Å²) in [6.45, 7) is 16.3. The molecule has 1 saturated heterocycles. The highest BCUT2D eigenvalue weighted by atomic mass is 16.7. The van der Waals surface area contributed by atoms with Crippen LogP contribution >= 0.6 is 0 Å². The molecule has 0 aromatic heterocycles. The Morgan fingerprint density at radius 3 is 2.26 bits per heavy atom. The van der Waals surface area contributed by atoms with Gasteiger partial charge in [-0.1, -0.05) is 51.8 Å². The molecule has 0 bridgehead atoms. The van der Waals surface area contributed by atoms with E-state index in [2.05, 4.69) is 19.6 Å². The maximum absolute atomic E-state index is 14.6. The molecule has 3 unspecified atom stereocenters. The van der Waals surface area contributed by atoms with Crippen molar-refractivity contribution in [1.82, 2.24) is 0 Å².